The highest BCUT2D eigenvalue weighted by molar-refractivity contribution is 6.16. The van der Waals surface area contributed by atoms with Crippen LogP contribution in [0.5, 0.6) is 11.8 Å². The minimum Gasteiger partial charge on any atom is -0.427 e. The van der Waals surface area contributed by atoms with Gasteiger partial charge in [-0.15, -0.1) is 0 Å². The van der Waals surface area contributed by atoms with Gasteiger partial charge in [0.15, 0.2) is 5.75 Å². The maximum Gasteiger partial charge on any atom is 0.416 e. The molecule has 2 saturated heterocycles. The lowest BCUT2D eigenvalue weighted by atomic mass is 10.1. The number of anilines is 2. The summed E-state index contributed by atoms with van der Waals surface area (Å²) in [6.07, 6.45) is 3.22. The van der Waals surface area contributed by atoms with Gasteiger partial charge < -0.3 is 29.4 Å². The molecule has 232 valence electrons. The lowest BCUT2D eigenvalue weighted by Crippen LogP contribution is -2.45. The standard InChI is InChI=1S/C29H34FN9O5/c1-17-4-7-39(14-17)27-24-21-10-19(30)11-22(37(3)29(41)43-16-42-23(40)15-38-8-5-31-6-9-38)25(21)34-26(24)35-28(36-27)44-20-12-32-18(2)33-13-20/h10-13,17,31H,4-9,14-16H2,1-3H3,(H,34,35,36). The van der Waals surface area contributed by atoms with E-state index in [1.165, 1.54) is 31.6 Å². The molecule has 3 aromatic heterocycles. The van der Waals surface area contributed by atoms with E-state index < -0.39 is 24.7 Å². The third-order valence-corrected chi connectivity index (χ3v) is 7.75. The van der Waals surface area contributed by atoms with Crippen molar-refractivity contribution in [1.82, 2.24) is 35.1 Å². The van der Waals surface area contributed by atoms with E-state index in [9.17, 15) is 9.59 Å². The number of rotatable bonds is 8. The predicted molar refractivity (Wildman–Crippen MR) is 159 cm³/mol. The molecule has 1 atom stereocenters. The van der Waals surface area contributed by atoms with Gasteiger partial charge in [-0.25, -0.2) is 19.2 Å². The summed E-state index contributed by atoms with van der Waals surface area (Å²) in [6, 6.07) is 2.68. The normalized spacial score (nSPS) is 17.3. The number of hydrogen-bond donors (Lipinski definition) is 2. The first-order valence-electron chi connectivity index (χ1n) is 14.5. The number of hydrogen-bond acceptors (Lipinski definition) is 12. The van der Waals surface area contributed by atoms with Gasteiger partial charge in [0, 0.05) is 51.7 Å². The van der Waals surface area contributed by atoms with Gasteiger partial charge in [-0.2, -0.15) is 9.97 Å². The first kappa shape index (κ1) is 29.4. The van der Waals surface area contributed by atoms with Crippen molar-refractivity contribution in [3.05, 3.63) is 36.2 Å². The maximum absolute atomic E-state index is 15.1. The molecule has 2 aliphatic heterocycles. The van der Waals surface area contributed by atoms with Crippen LogP contribution in [0.15, 0.2) is 24.5 Å². The Balaban J connectivity index is 1.28. The molecule has 6 rings (SSSR count). The van der Waals surface area contributed by atoms with Crippen LogP contribution in [0.4, 0.5) is 20.7 Å². The van der Waals surface area contributed by atoms with Gasteiger partial charge in [0.1, 0.15) is 23.1 Å². The molecule has 1 unspecified atom stereocenters. The Morgan fingerprint density at radius 2 is 1.89 bits per heavy atom. The topological polar surface area (TPSA) is 151 Å². The summed E-state index contributed by atoms with van der Waals surface area (Å²) in [5.74, 6) is 0.944. The number of carbonyl (C=O) groups excluding carboxylic acids is 2. The van der Waals surface area contributed by atoms with Crippen molar-refractivity contribution in [2.24, 2.45) is 5.92 Å². The molecule has 0 aliphatic carbocycles. The molecule has 2 aliphatic rings. The predicted octanol–water partition coefficient (Wildman–Crippen LogP) is 2.97. The average Bonchev–Trinajstić information content (AvgIpc) is 3.61. The lowest BCUT2D eigenvalue weighted by molar-refractivity contribution is -0.153. The van der Waals surface area contributed by atoms with Crippen LogP contribution in [0.1, 0.15) is 19.2 Å². The molecule has 0 radical (unpaired) electrons. The van der Waals surface area contributed by atoms with Crippen LogP contribution in [0.2, 0.25) is 0 Å². The number of ether oxygens (including phenoxy) is 3. The molecule has 2 fully saturated rings. The van der Waals surface area contributed by atoms with Crippen molar-refractivity contribution >= 4 is 45.5 Å². The fourth-order valence-electron chi connectivity index (χ4n) is 5.45. The second-order valence-corrected chi connectivity index (χ2v) is 11.1. The van der Waals surface area contributed by atoms with E-state index in [4.69, 9.17) is 19.2 Å². The van der Waals surface area contributed by atoms with Crippen LogP contribution >= 0.6 is 0 Å². The van der Waals surface area contributed by atoms with E-state index in [2.05, 4.69) is 37.1 Å². The molecular weight excluding hydrogens is 573 g/mol. The number of aryl methyl sites for hydroxylation is 1. The van der Waals surface area contributed by atoms with E-state index in [0.717, 1.165) is 50.6 Å². The van der Waals surface area contributed by atoms with E-state index in [1.807, 2.05) is 4.90 Å². The largest absolute Gasteiger partial charge is 0.427 e. The van der Waals surface area contributed by atoms with Crippen LogP contribution in [-0.2, 0) is 14.3 Å². The third kappa shape index (κ3) is 6.33. The van der Waals surface area contributed by atoms with Crippen LogP contribution in [0, 0.1) is 18.7 Å². The van der Waals surface area contributed by atoms with Gasteiger partial charge in [0.2, 0.25) is 6.79 Å². The fraction of sp³-hybridized carbons (Fsp3) is 0.448. The minimum atomic E-state index is -0.825. The Hall–Kier alpha value is -4.63. The van der Waals surface area contributed by atoms with E-state index in [0.29, 0.717) is 45.2 Å². The summed E-state index contributed by atoms with van der Waals surface area (Å²) < 4.78 is 31.3. The van der Waals surface area contributed by atoms with Crippen LogP contribution in [0.25, 0.3) is 21.9 Å². The number of benzene rings is 1. The van der Waals surface area contributed by atoms with Crippen LogP contribution in [0.3, 0.4) is 0 Å². The summed E-state index contributed by atoms with van der Waals surface area (Å²) >= 11 is 0. The smallest absolute Gasteiger partial charge is 0.416 e. The lowest BCUT2D eigenvalue weighted by Gasteiger charge is -2.26. The van der Waals surface area contributed by atoms with E-state index in [1.54, 1.807) is 6.92 Å². The maximum atomic E-state index is 15.1. The van der Waals surface area contributed by atoms with E-state index in [-0.39, 0.29) is 18.2 Å². The molecule has 5 heterocycles. The molecular formula is C29H34FN9O5. The molecule has 2 N–H and O–H groups in total. The molecule has 15 heteroatoms. The number of carbonyl (C=O) groups is 2. The number of aromatic amines is 1. The highest BCUT2D eigenvalue weighted by Gasteiger charge is 2.27. The molecule has 4 aromatic rings. The molecule has 0 bridgehead atoms. The number of aromatic nitrogens is 5. The number of piperazine rings is 1. The quantitative estimate of drug-likeness (QED) is 0.224. The van der Waals surface area contributed by atoms with Gasteiger partial charge in [-0.3, -0.25) is 14.6 Å². The second kappa shape index (κ2) is 12.5. The van der Waals surface area contributed by atoms with E-state index >= 15 is 4.39 Å². The Morgan fingerprint density at radius 1 is 1.11 bits per heavy atom. The molecule has 14 nitrogen and oxygen atoms in total. The molecule has 0 saturated carbocycles. The van der Waals surface area contributed by atoms with Crippen molar-refractivity contribution in [3.63, 3.8) is 0 Å². The number of nitrogens with one attached hydrogen (secondary N) is 2. The number of halogens is 1. The summed E-state index contributed by atoms with van der Waals surface area (Å²) in [6.45, 7) is 8.05. The van der Waals surface area contributed by atoms with Gasteiger partial charge in [-0.1, -0.05) is 6.92 Å². The van der Waals surface area contributed by atoms with Gasteiger partial charge in [-0.05, 0) is 31.4 Å². The zero-order chi connectivity index (χ0) is 30.8. The monoisotopic (exact) mass is 607 g/mol. The summed E-state index contributed by atoms with van der Waals surface area (Å²) in [5.41, 5.74) is 1.07. The van der Waals surface area contributed by atoms with Gasteiger partial charge in [0.05, 0.1) is 35.5 Å². The number of amides is 1. The van der Waals surface area contributed by atoms with Crippen molar-refractivity contribution in [1.29, 1.82) is 0 Å². The third-order valence-electron chi connectivity index (χ3n) is 7.75. The summed E-state index contributed by atoms with van der Waals surface area (Å²) in [4.78, 5) is 51.3. The highest BCUT2D eigenvalue weighted by atomic mass is 19.1. The number of fused-ring (bicyclic) bond motifs is 3. The summed E-state index contributed by atoms with van der Waals surface area (Å²) in [5, 5.41) is 4.31. The van der Waals surface area contributed by atoms with Crippen molar-refractivity contribution in [3.8, 4) is 11.8 Å². The molecule has 44 heavy (non-hydrogen) atoms. The first-order valence-corrected chi connectivity index (χ1v) is 14.5. The number of nitrogens with zero attached hydrogens (tertiary/aromatic N) is 7. The molecule has 1 amide bonds. The van der Waals surface area contributed by atoms with Crippen LogP contribution < -0.4 is 19.9 Å². The zero-order valence-electron chi connectivity index (χ0n) is 24.8. The Kier molecular flexibility index (Phi) is 8.39. The van der Waals surface area contributed by atoms with Crippen LogP contribution in [-0.4, -0.2) is 102 Å². The molecule has 0 spiro atoms. The first-order chi connectivity index (χ1) is 21.2. The average molecular weight is 608 g/mol. The Labute approximate surface area is 252 Å². The Morgan fingerprint density at radius 3 is 2.61 bits per heavy atom. The fourth-order valence-corrected chi connectivity index (χ4v) is 5.45. The van der Waals surface area contributed by atoms with Crippen molar-refractivity contribution < 1.29 is 28.2 Å². The Bertz CT molecular complexity index is 1680. The SMILES string of the molecule is Cc1ncc(Oc2nc(N3CCC(C)C3)c3c(n2)[nH]c2c(N(C)C(=O)OCOC(=O)CN4CCNCC4)cc(F)cc23)cn1. The number of H-pyrrole nitrogens is 1. The highest BCUT2D eigenvalue weighted by Crippen LogP contribution is 2.39. The summed E-state index contributed by atoms with van der Waals surface area (Å²) in [7, 11) is 1.45. The van der Waals surface area contributed by atoms with Gasteiger partial charge >= 0.3 is 18.1 Å². The second-order valence-electron chi connectivity index (χ2n) is 11.1. The minimum absolute atomic E-state index is 0.0727. The number of esters is 1. The van der Waals surface area contributed by atoms with Gasteiger partial charge in [0.25, 0.3) is 0 Å². The molecule has 1 aromatic carbocycles. The van der Waals surface area contributed by atoms with Crippen molar-refractivity contribution in [2.45, 2.75) is 20.3 Å². The zero-order valence-corrected chi connectivity index (χ0v) is 24.8. The van der Waals surface area contributed by atoms with Crippen molar-refractivity contribution in [2.75, 3.05) is 69.5 Å².